The highest BCUT2D eigenvalue weighted by molar-refractivity contribution is 7.13. The minimum Gasteiger partial charge on any atom is -0.493 e. The standard InChI is InChI=1S/C24H23N3O5S/c1-3-31-20-11-9-16(13-21(20)30-2)23-25-17(15-33-23)14-32-24(29)19-10-12-22(28)27(26-19)18-7-5-4-6-8-18/h4-9,11,13,15H,3,10,12,14H2,1-2H3. The Balaban J connectivity index is 1.42. The van der Waals surface area contributed by atoms with Gasteiger partial charge in [0.05, 0.1) is 25.1 Å². The van der Waals surface area contributed by atoms with E-state index in [2.05, 4.69) is 10.1 Å². The van der Waals surface area contributed by atoms with Gasteiger partial charge < -0.3 is 14.2 Å². The molecule has 0 saturated heterocycles. The van der Waals surface area contributed by atoms with E-state index in [0.717, 1.165) is 10.6 Å². The zero-order valence-electron chi connectivity index (χ0n) is 18.3. The number of benzene rings is 2. The van der Waals surface area contributed by atoms with Gasteiger partial charge in [0.1, 0.15) is 17.3 Å². The van der Waals surface area contributed by atoms with Gasteiger partial charge in [0.25, 0.3) is 0 Å². The molecule has 1 aliphatic rings. The number of thiazole rings is 1. The van der Waals surface area contributed by atoms with Gasteiger partial charge in [-0.15, -0.1) is 11.3 Å². The molecule has 0 N–H and O–H groups in total. The lowest BCUT2D eigenvalue weighted by Crippen LogP contribution is -2.34. The molecule has 1 aromatic heterocycles. The first-order valence-electron chi connectivity index (χ1n) is 10.5. The Morgan fingerprint density at radius 1 is 1.12 bits per heavy atom. The first kappa shape index (κ1) is 22.5. The molecule has 0 saturated carbocycles. The van der Waals surface area contributed by atoms with Crippen molar-refractivity contribution in [3.8, 4) is 22.1 Å². The fraction of sp³-hybridized carbons (Fsp3) is 0.250. The number of hydrazone groups is 1. The molecule has 0 spiro atoms. The van der Waals surface area contributed by atoms with Crippen LogP contribution in [0.4, 0.5) is 5.69 Å². The molecule has 3 aromatic rings. The molecular weight excluding hydrogens is 442 g/mol. The molecule has 1 aliphatic heterocycles. The predicted molar refractivity (Wildman–Crippen MR) is 126 cm³/mol. The highest BCUT2D eigenvalue weighted by atomic mass is 32.1. The van der Waals surface area contributed by atoms with Gasteiger partial charge in [0.15, 0.2) is 11.5 Å². The van der Waals surface area contributed by atoms with Gasteiger partial charge in [0.2, 0.25) is 5.91 Å². The van der Waals surface area contributed by atoms with Crippen LogP contribution in [0.2, 0.25) is 0 Å². The minimum atomic E-state index is -0.555. The minimum absolute atomic E-state index is 0.0157. The zero-order valence-corrected chi connectivity index (χ0v) is 19.1. The fourth-order valence-corrected chi connectivity index (χ4v) is 4.08. The molecule has 170 valence electrons. The third-order valence-electron chi connectivity index (χ3n) is 4.88. The molecule has 0 unspecified atom stereocenters. The van der Waals surface area contributed by atoms with Crippen molar-refractivity contribution in [1.82, 2.24) is 4.98 Å². The third-order valence-corrected chi connectivity index (χ3v) is 5.82. The Bertz CT molecular complexity index is 1180. The van der Waals surface area contributed by atoms with E-state index in [1.807, 2.05) is 48.7 Å². The number of hydrogen-bond donors (Lipinski definition) is 0. The smallest absolute Gasteiger partial charge is 0.354 e. The second-order valence-electron chi connectivity index (χ2n) is 7.11. The molecule has 0 atom stereocenters. The number of hydrogen-bond acceptors (Lipinski definition) is 8. The number of methoxy groups -OCH3 is 1. The number of nitrogens with zero attached hydrogens (tertiary/aromatic N) is 3. The lowest BCUT2D eigenvalue weighted by molar-refractivity contribution is -0.137. The Kier molecular flexibility index (Phi) is 6.99. The maximum absolute atomic E-state index is 12.6. The van der Waals surface area contributed by atoms with Crippen LogP contribution < -0.4 is 14.5 Å². The molecule has 0 aliphatic carbocycles. The van der Waals surface area contributed by atoms with Gasteiger partial charge in [-0.2, -0.15) is 5.10 Å². The molecule has 2 heterocycles. The molecular formula is C24H23N3O5S. The number of rotatable bonds is 8. The molecule has 1 amide bonds. The highest BCUT2D eigenvalue weighted by Gasteiger charge is 2.26. The lowest BCUT2D eigenvalue weighted by Gasteiger charge is -2.22. The molecule has 4 rings (SSSR count). The van der Waals surface area contributed by atoms with Crippen molar-refractivity contribution in [2.24, 2.45) is 5.10 Å². The summed E-state index contributed by atoms with van der Waals surface area (Å²) in [5.41, 5.74) is 2.34. The Hall–Kier alpha value is -3.72. The van der Waals surface area contributed by atoms with Crippen LogP contribution in [0.5, 0.6) is 11.5 Å². The number of anilines is 1. The SMILES string of the molecule is CCOc1ccc(-c2nc(COC(=O)C3=NN(c4ccccc4)C(=O)CC3)cs2)cc1OC. The van der Waals surface area contributed by atoms with Crippen LogP contribution in [0.15, 0.2) is 59.0 Å². The van der Waals surface area contributed by atoms with Crippen LogP contribution in [-0.2, 0) is 20.9 Å². The monoisotopic (exact) mass is 465 g/mol. The van der Waals surface area contributed by atoms with Gasteiger partial charge in [-0.05, 0) is 37.3 Å². The number of aromatic nitrogens is 1. The number of esters is 1. The van der Waals surface area contributed by atoms with E-state index in [-0.39, 0.29) is 31.1 Å². The summed E-state index contributed by atoms with van der Waals surface area (Å²) in [7, 11) is 1.59. The van der Waals surface area contributed by atoms with Crippen LogP contribution in [0.3, 0.4) is 0 Å². The van der Waals surface area contributed by atoms with E-state index in [1.54, 1.807) is 19.2 Å². The summed E-state index contributed by atoms with van der Waals surface area (Å²) in [6, 6.07) is 14.6. The van der Waals surface area contributed by atoms with E-state index in [1.165, 1.54) is 16.3 Å². The van der Waals surface area contributed by atoms with Crippen LogP contribution in [0.25, 0.3) is 10.6 Å². The molecule has 0 fully saturated rings. The van der Waals surface area contributed by atoms with Gasteiger partial charge in [-0.1, -0.05) is 18.2 Å². The van der Waals surface area contributed by atoms with Crippen molar-refractivity contribution < 1.29 is 23.8 Å². The van der Waals surface area contributed by atoms with E-state index in [0.29, 0.717) is 29.5 Å². The maximum atomic E-state index is 12.6. The Morgan fingerprint density at radius 2 is 1.94 bits per heavy atom. The topological polar surface area (TPSA) is 90.3 Å². The van der Waals surface area contributed by atoms with Crippen LogP contribution in [-0.4, -0.2) is 36.3 Å². The summed E-state index contributed by atoms with van der Waals surface area (Å²) in [6.45, 7) is 2.48. The summed E-state index contributed by atoms with van der Waals surface area (Å²) >= 11 is 1.44. The summed E-state index contributed by atoms with van der Waals surface area (Å²) in [5, 5.41) is 8.09. The quantitative estimate of drug-likeness (QED) is 0.457. The van der Waals surface area contributed by atoms with Crippen molar-refractivity contribution in [2.45, 2.75) is 26.4 Å². The molecule has 0 bridgehead atoms. The van der Waals surface area contributed by atoms with Crippen molar-refractivity contribution in [1.29, 1.82) is 0 Å². The average Bonchev–Trinajstić information content (AvgIpc) is 3.33. The van der Waals surface area contributed by atoms with Crippen molar-refractivity contribution in [3.63, 3.8) is 0 Å². The zero-order chi connectivity index (χ0) is 23.2. The maximum Gasteiger partial charge on any atom is 0.354 e. The number of ether oxygens (including phenoxy) is 3. The number of carbonyl (C=O) groups excluding carboxylic acids is 2. The van der Waals surface area contributed by atoms with Gasteiger partial charge in [-0.3, -0.25) is 4.79 Å². The normalized spacial score (nSPS) is 13.5. The van der Waals surface area contributed by atoms with Crippen LogP contribution in [0.1, 0.15) is 25.5 Å². The summed E-state index contributed by atoms with van der Waals surface area (Å²) in [6.07, 6.45) is 0.443. The molecule has 33 heavy (non-hydrogen) atoms. The number of carbonyl (C=O) groups is 2. The van der Waals surface area contributed by atoms with Crippen molar-refractivity contribution in [3.05, 3.63) is 59.6 Å². The Labute approximate surface area is 195 Å². The van der Waals surface area contributed by atoms with E-state index in [9.17, 15) is 9.59 Å². The molecule has 9 heteroatoms. The molecule has 0 radical (unpaired) electrons. The number of amides is 1. The van der Waals surface area contributed by atoms with Gasteiger partial charge in [-0.25, -0.2) is 14.8 Å². The van der Waals surface area contributed by atoms with E-state index in [4.69, 9.17) is 14.2 Å². The molecule has 8 nitrogen and oxygen atoms in total. The average molecular weight is 466 g/mol. The molecule has 2 aromatic carbocycles. The summed E-state index contributed by atoms with van der Waals surface area (Å²) in [5.74, 6) is 0.587. The van der Waals surface area contributed by atoms with Crippen molar-refractivity contribution >= 4 is 34.6 Å². The van der Waals surface area contributed by atoms with E-state index < -0.39 is 5.97 Å². The van der Waals surface area contributed by atoms with Crippen molar-refractivity contribution in [2.75, 3.05) is 18.7 Å². The summed E-state index contributed by atoms with van der Waals surface area (Å²) < 4.78 is 16.4. The Morgan fingerprint density at radius 3 is 2.70 bits per heavy atom. The largest absolute Gasteiger partial charge is 0.493 e. The highest BCUT2D eigenvalue weighted by Crippen LogP contribution is 2.34. The van der Waals surface area contributed by atoms with Gasteiger partial charge in [0, 0.05) is 23.8 Å². The van der Waals surface area contributed by atoms with Gasteiger partial charge >= 0.3 is 5.97 Å². The number of para-hydroxylation sites is 1. The fourth-order valence-electron chi connectivity index (χ4n) is 3.28. The third kappa shape index (κ3) is 5.20. The first-order valence-corrected chi connectivity index (χ1v) is 11.3. The van der Waals surface area contributed by atoms with E-state index >= 15 is 0 Å². The first-order chi connectivity index (χ1) is 16.1. The van der Waals surface area contributed by atoms with Crippen LogP contribution >= 0.6 is 11.3 Å². The lowest BCUT2D eigenvalue weighted by atomic mass is 10.1. The van der Waals surface area contributed by atoms with Crippen LogP contribution in [0, 0.1) is 0 Å². The summed E-state index contributed by atoms with van der Waals surface area (Å²) in [4.78, 5) is 29.4. The second kappa shape index (κ2) is 10.3. The second-order valence-corrected chi connectivity index (χ2v) is 7.96. The predicted octanol–water partition coefficient (Wildman–Crippen LogP) is 4.44.